The average Bonchev–Trinajstić information content (AvgIpc) is 2.12. The summed E-state index contributed by atoms with van der Waals surface area (Å²) < 4.78 is 51.6. The van der Waals surface area contributed by atoms with Gasteiger partial charge in [0, 0.05) is 6.04 Å². The summed E-state index contributed by atoms with van der Waals surface area (Å²) in [6.07, 6.45) is -2.08. The summed E-state index contributed by atoms with van der Waals surface area (Å²) in [4.78, 5) is 0. The summed E-state index contributed by atoms with van der Waals surface area (Å²) in [7, 11) is 0. The van der Waals surface area contributed by atoms with E-state index in [-0.39, 0.29) is 23.9 Å². The van der Waals surface area contributed by atoms with Crippen LogP contribution in [0.3, 0.4) is 0 Å². The minimum atomic E-state index is -4.69. The lowest BCUT2D eigenvalue weighted by Gasteiger charge is -2.32. The third kappa shape index (κ3) is 2.78. The highest BCUT2D eigenvalue weighted by Gasteiger charge is 2.39. The van der Waals surface area contributed by atoms with Gasteiger partial charge in [0.15, 0.2) is 0 Å². The number of hydrogen-bond acceptors (Lipinski definition) is 1. The Morgan fingerprint density at radius 1 is 1.22 bits per heavy atom. The predicted octanol–water partition coefficient (Wildman–Crippen LogP) is 4.07. The van der Waals surface area contributed by atoms with Crippen molar-refractivity contribution in [2.24, 2.45) is 11.7 Å². The highest BCUT2D eigenvalue weighted by molar-refractivity contribution is 5.85. The molecule has 1 nitrogen and oxygen atoms in total. The zero-order valence-corrected chi connectivity index (χ0v) is 10.3. The van der Waals surface area contributed by atoms with Gasteiger partial charge in [0.2, 0.25) is 0 Å². The third-order valence-corrected chi connectivity index (χ3v) is 3.35. The first-order valence-corrected chi connectivity index (χ1v) is 5.52. The molecule has 1 saturated carbocycles. The minimum absolute atomic E-state index is 0. The van der Waals surface area contributed by atoms with E-state index in [0.717, 1.165) is 25.3 Å². The van der Waals surface area contributed by atoms with E-state index in [1.54, 1.807) is 0 Å². The largest absolute Gasteiger partial charge is 0.419 e. The van der Waals surface area contributed by atoms with E-state index in [9.17, 15) is 17.6 Å². The second-order valence-corrected chi connectivity index (χ2v) is 4.42. The zero-order valence-electron chi connectivity index (χ0n) is 9.51. The molecule has 0 bridgehead atoms. The van der Waals surface area contributed by atoms with Crippen LogP contribution in [0.15, 0.2) is 18.2 Å². The van der Waals surface area contributed by atoms with Crippen LogP contribution in [-0.4, -0.2) is 0 Å². The van der Waals surface area contributed by atoms with Crippen LogP contribution < -0.4 is 5.73 Å². The minimum Gasteiger partial charge on any atom is -0.324 e. The van der Waals surface area contributed by atoms with Gasteiger partial charge in [-0.15, -0.1) is 12.4 Å². The van der Waals surface area contributed by atoms with E-state index in [0.29, 0.717) is 0 Å². The Labute approximate surface area is 109 Å². The molecule has 2 N–H and O–H groups in total. The van der Waals surface area contributed by atoms with E-state index in [1.165, 1.54) is 12.1 Å². The molecule has 6 heteroatoms. The quantitative estimate of drug-likeness (QED) is 0.814. The smallest absolute Gasteiger partial charge is 0.324 e. The Hall–Kier alpha value is -0.810. The van der Waals surface area contributed by atoms with Crippen molar-refractivity contribution >= 4 is 12.4 Å². The van der Waals surface area contributed by atoms with E-state index in [2.05, 4.69) is 0 Å². The molecule has 18 heavy (non-hydrogen) atoms. The molecule has 1 aliphatic rings. The topological polar surface area (TPSA) is 26.0 Å². The van der Waals surface area contributed by atoms with Crippen molar-refractivity contribution in [1.82, 2.24) is 0 Å². The maximum Gasteiger partial charge on any atom is 0.419 e. The maximum atomic E-state index is 13.3. The lowest BCUT2D eigenvalue weighted by molar-refractivity contribution is -0.141. The molecule has 0 aromatic heterocycles. The molecule has 1 aliphatic carbocycles. The SMILES string of the molecule is Cl.N[C@H](c1cccc(F)c1C(F)(F)F)C1CCC1. The van der Waals surface area contributed by atoms with Crippen LogP contribution in [0.1, 0.15) is 36.4 Å². The van der Waals surface area contributed by atoms with E-state index >= 15 is 0 Å². The van der Waals surface area contributed by atoms with Gasteiger partial charge in [0.25, 0.3) is 0 Å². The van der Waals surface area contributed by atoms with Crippen LogP contribution in [0.5, 0.6) is 0 Å². The molecule has 0 amide bonds. The number of nitrogens with two attached hydrogens (primary N) is 1. The molecule has 0 spiro atoms. The van der Waals surface area contributed by atoms with Crippen LogP contribution >= 0.6 is 12.4 Å². The fourth-order valence-electron chi connectivity index (χ4n) is 2.17. The molecule has 0 heterocycles. The third-order valence-electron chi connectivity index (χ3n) is 3.35. The van der Waals surface area contributed by atoms with Gasteiger partial charge in [-0.05, 0) is 30.4 Å². The Morgan fingerprint density at radius 3 is 2.28 bits per heavy atom. The highest BCUT2D eigenvalue weighted by Crippen LogP contribution is 2.42. The summed E-state index contributed by atoms with van der Waals surface area (Å²) >= 11 is 0. The van der Waals surface area contributed by atoms with E-state index in [4.69, 9.17) is 5.73 Å². The van der Waals surface area contributed by atoms with Crippen molar-refractivity contribution in [1.29, 1.82) is 0 Å². The van der Waals surface area contributed by atoms with Gasteiger partial charge in [0.05, 0.1) is 5.56 Å². The van der Waals surface area contributed by atoms with Crippen molar-refractivity contribution in [2.45, 2.75) is 31.5 Å². The van der Waals surface area contributed by atoms with Crippen LogP contribution in [0.2, 0.25) is 0 Å². The molecular weight excluding hydrogens is 270 g/mol. The number of halogens is 5. The molecule has 102 valence electrons. The summed E-state index contributed by atoms with van der Waals surface area (Å²) in [5, 5.41) is 0. The molecule has 1 fully saturated rings. The molecule has 0 radical (unpaired) electrons. The lowest BCUT2D eigenvalue weighted by Crippen LogP contribution is -2.29. The second kappa shape index (κ2) is 5.45. The van der Waals surface area contributed by atoms with Gasteiger partial charge >= 0.3 is 6.18 Å². The van der Waals surface area contributed by atoms with Crippen LogP contribution in [0.4, 0.5) is 17.6 Å². The summed E-state index contributed by atoms with van der Waals surface area (Å²) in [6.45, 7) is 0. The standard InChI is InChI=1S/C12H13F4N.ClH/c13-9-6-2-5-8(10(9)12(14,15)16)11(17)7-3-1-4-7;/h2,5-7,11H,1,3-4,17H2;1H/t11-;/m0./s1. The summed E-state index contributed by atoms with van der Waals surface area (Å²) in [6, 6.07) is 2.64. The molecule has 0 saturated heterocycles. The van der Waals surface area contributed by atoms with Gasteiger partial charge in [-0.25, -0.2) is 4.39 Å². The molecule has 1 aromatic carbocycles. The van der Waals surface area contributed by atoms with Gasteiger partial charge < -0.3 is 5.73 Å². The van der Waals surface area contributed by atoms with Crippen LogP contribution in [0.25, 0.3) is 0 Å². The Morgan fingerprint density at radius 2 is 1.83 bits per heavy atom. The average molecular weight is 284 g/mol. The van der Waals surface area contributed by atoms with Gasteiger partial charge in [-0.3, -0.25) is 0 Å². The molecule has 1 atom stereocenters. The van der Waals surface area contributed by atoms with Crippen molar-refractivity contribution in [3.05, 3.63) is 35.1 Å². The number of rotatable bonds is 2. The monoisotopic (exact) mass is 283 g/mol. The first kappa shape index (κ1) is 15.2. The first-order chi connectivity index (χ1) is 7.91. The molecule has 0 aliphatic heterocycles. The Bertz CT molecular complexity index is 415. The molecule has 0 unspecified atom stereocenters. The Kier molecular flexibility index (Phi) is 4.61. The first-order valence-electron chi connectivity index (χ1n) is 5.52. The van der Waals surface area contributed by atoms with Gasteiger partial charge in [0.1, 0.15) is 5.82 Å². The van der Waals surface area contributed by atoms with Crippen molar-refractivity contribution < 1.29 is 17.6 Å². The second-order valence-electron chi connectivity index (χ2n) is 4.42. The van der Waals surface area contributed by atoms with Gasteiger partial charge in [-0.1, -0.05) is 18.6 Å². The zero-order chi connectivity index (χ0) is 12.6. The van der Waals surface area contributed by atoms with E-state index in [1.807, 2.05) is 0 Å². The molecule has 2 rings (SSSR count). The van der Waals surface area contributed by atoms with Crippen molar-refractivity contribution in [2.75, 3.05) is 0 Å². The summed E-state index contributed by atoms with van der Waals surface area (Å²) in [5.74, 6) is -1.21. The highest BCUT2D eigenvalue weighted by atomic mass is 35.5. The number of hydrogen-bond donors (Lipinski definition) is 1. The normalized spacial score (nSPS) is 17.8. The Balaban J connectivity index is 0.00000162. The maximum absolute atomic E-state index is 13.3. The fraction of sp³-hybridized carbons (Fsp3) is 0.500. The van der Waals surface area contributed by atoms with Crippen LogP contribution in [-0.2, 0) is 6.18 Å². The molecule has 1 aromatic rings. The van der Waals surface area contributed by atoms with Gasteiger partial charge in [-0.2, -0.15) is 13.2 Å². The van der Waals surface area contributed by atoms with E-state index < -0.39 is 23.6 Å². The predicted molar refractivity (Wildman–Crippen MR) is 62.9 cm³/mol. The fourth-order valence-corrected chi connectivity index (χ4v) is 2.17. The number of benzene rings is 1. The summed E-state index contributed by atoms with van der Waals surface area (Å²) in [5.41, 5.74) is 4.47. The lowest BCUT2D eigenvalue weighted by atomic mass is 9.76. The number of alkyl halides is 3. The molecular formula is C12H14ClF4N. The van der Waals surface area contributed by atoms with Crippen molar-refractivity contribution in [3.8, 4) is 0 Å². The van der Waals surface area contributed by atoms with Crippen LogP contribution in [0, 0.1) is 11.7 Å². The van der Waals surface area contributed by atoms with Crippen molar-refractivity contribution in [3.63, 3.8) is 0 Å².